The Labute approximate surface area is 229 Å². The number of alkyl halides is 6. The minimum Gasteiger partial charge on any atom is -0.459 e. The zero-order valence-electron chi connectivity index (χ0n) is 18.2. The Bertz CT molecular complexity index is 1030. The van der Waals surface area contributed by atoms with E-state index in [1.165, 1.54) is 13.1 Å². The van der Waals surface area contributed by atoms with Gasteiger partial charge < -0.3 is 9.47 Å². The summed E-state index contributed by atoms with van der Waals surface area (Å²) in [6, 6.07) is 0. The van der Waals surface area contributed by atoms with Crippen molar-refractivity contribution < 1.29 is 32.4 Å². The van der Waals surface area contributed by atoms with E-state index >= 15 is 0 Å². The van der Waals surface area contributed by atoms with Gasteiger partial charge in [-0.2, -0.15) is 0 Å². The van der Waals surface area contributed by atoms with E-state index < -0.39 is 70.9 Å². The molecule has 1 aliphatic heterocycles. The smallest absolute Gasteiger partial charge is 0.459 e. The second-order valence-electron chi connectivity index (χ2n) is 7.25. The van der Waals surface area contributed by atoms with Crippen LogP contribution in [0.2, 0.25) is 0 Å². The highest BCUT2D eigenvalue weighted by molar-refractivity contribution is 7.48. The van der Waals surface area contributed by atoms with Gasteiger partial charge in [-0.3, -0.25) is 32.7 Å². The van der Waals surface area contributed by atoms with Crippen LogP contribution < -0.4 is 11.2 Å². The van der Waals surface area contributed by atoms with Crippen molar-refractivity contribution in [3.05, 3.63) is 32.6 Å². The van der Waals surface area contributed by atoms with Gasteiger partial charge in [-0.05, 0) is 6.92 Å². The van der Waals surface area contributed by atoms with Crippen LogP contribution in [0.5, 0.6) is 0 Å². The number of H-pyrrole nitrogens is 1. The summed E-state index contributed by atoms with van der Waals surface area (Å²) in [4.78, 5) is 38.0. The monoisotopic (exact) mass is 638 g/mol. The molecule has 0 saturated carbocycles. The quantitative estimate of drug-likeness (QED) is 0.225. The summed E-state index contributed by atoms with van der Waals surface area (Å²) in [5.41, 5.74) is -1.05. The van der Waals surface area contributed by atoms with Gasteiger partial charge >= 0.3 is 19.5 Å². The van der Waals surface area contributed by atoms with E-state index in [4.69, 9.17) is 92.7 Å². The standard InChI is InChI=1S/C17H21Cl6N2O9P/c1-3-13(26)34-10-4-12(25-5-9(2)14(27)24-15(25)28)33-11(10)6-30-35(29,31-7-16(18,19)20)32-8-17(21,22)23/h5,10-12H,3-4,6-8H2,1-2H3,(H,24,27,28)/t10-,11+,12+/m0/s1. The van der Waals surface area contributed by atoms with Crippen molar-refractivity contribution in [3.8, 4) is 0 Å². The molecule has 0 bridgehead atoms. The molecule has 2 rings (SSSR count). The number of halogens is 6. The summed E-state index contributed by atoms with van der Waals surface area (Å²) in [6.07, 6.45) is -1.56. The Balaban J connectivity index is 2.23. The molecule has 1 N–H and O–H groups in total. The molecule has 200 valence electrons. The molecule has 2 heterocycles. The molecular weight excluding hydrogens is 620 g/mol. The Morgan fingerprint density at radius 2 is 1.71 bits per heavy atom. The molecule has 1 aliphatic rings. The number of hydrogen-bond acceptors (Lipinski definition) is 9. The molecule has 18 heteroatoms. The number of nitrogens with zero attached hydrogens (tertiary/aromatic N) is 1. The molecule has 1 aromatic rings. The Morgan fingerprint density at radius 1 is 1.14 bits per heavy atom. The lowest BCUT2D eigenvalue weighted by atomic mass is 10.2. The van der Waals surface area contributed by atoms with Gasteiger partial charge in [0.05, 0.1) is 6.61 Å². The van der Waals surface area contributed by atoms with Gasteiger partial charge in [0.2, 0.25) is 7.59 Å². The fourth-order valence-electron chi connectivity index (χ4n) is 2.78. The zero-order valence-corrected chi connectivity index (χ0v) is 23.6. The molecule has 11 nitrogen and oxygen atoms in total. The summed E-state index contributed by atoms with van der Waals surface area (Å²) < 4.78 is 36.8. The van der Waals surface area contributed by atoms with Gasteiger partial charge in [-0.15, -0.1) is 0 Å². The average Bonchev–Trinajstić information content (AvgIpc) is 3.13. The highest BCUT2D eigenvalue weighted by atomic mass is 35.6. The van der Waals surface area contributed by atoms with Crippen LogP contribution in [0.25, 0.3) is 0 Å². The first-order chi connectivity index (χ1) is 16.0. The first-order valence-corrected chi connectivity index (χ1v) is 13.6. The summed E-state index contributed by atoms with van der Waals surface area (Å²) in [6.45, 7) is 1.15. The van der Waals surface area contributed by atoms with E-state index in [1.54, 1.807) is 6.92 Å². The van der Waals surface area contributed by atoms with Crippen LogP contribution in [-0.4, -0.2) is 55.1 Å². The average molecular weight is 641 g/mol. The Kier molecular flexibility index (Phi) is 11.3. The van der Waals surface area contributed by atoms with Crippen LogP contribution in [0, 0.1) is 6.92 Å². The summed E-state index contributed by atoms with van der Waals surface area (Å²) in [7, 11) is -4.49. The normalized spacial score (nSPS) is 21.3. The summed E-state index contributed by atoms with van der Waals surface area (Å²) >= 11 is 33.8. The van der Waals surface area contributed by atoms with Crippen molar-refractivity contribution in [1.82, 2.24) is 9.55 Å². The van der Waals surface area contributed by atoms with E-state index in [2.05, 4.69) is 4.98 Å². The molecule has 1 fully saturated rings. The largest absolute Gasteiger partial charge is 0.475 e. The third-order valence-corrected chi connectivity index (χ3v) is 6.39. The number of hydrogen-bond donors (Lipinski definition) is 1. The minimum atomic E-state index is -4.49. The number of carbonyl (C=O) groups is 1. The number of aromatic amines is 1. The molecule has 1 aromatic heterocycles. The van der Waals surface area contributed by atoms with E-state index in [0.717, 1.165) is 4.57 Å². The maximum atomic E-state index is 13.1. The number of carbonyl (C=O) groups excluding carboxylic acids is 1. The maximum Gasteiger partial charge on any atom is 0.475 e. The van der Waals surface area contributed by atoms with Crippen LogP contribution in [-0.2, 0) is 32.4 Å². The fourth-order valence-corrected chi connectivity index (χ4v) is 4.82. The zero-order chi connectivity index (χ0) is 26.6. The number of ether oxygens (including phenoxy) is 2. The van der Waals surface area contributed by atoms with Crippen molar-refractivity contribution >= 4 is 83.4 Å². The maximum absolute atomic E-state index is 13.1. The predicted octanol–water partition coefficient (Wildman–Crippen LogP) is 4.35. The second-order valence-corrected chi connectivity index (χ2v) is 13.9. The fraction of sp³-hybridized carbons (Fsp3) is 0.706. The van der Waals surface area contributed by atoms with Crippen LogP contribution in [0.1, 0.15) is 31.6 Å². The van der Waals surface area contributed by atoms with Gasteiger partial charge in [0.1, 0.15) is 31.6 Å². The highest BCUT2D eigenvalue weighted by Gasteiger charge is 2.42. The van der Waals surface area contributed by atoms with E-state index in [0.29, 0.717) is 0 Å². The number of rotatable bonds is 10. The molecule has 0 unspecified atom stereocenters. The molecular formula is C17H21Cl6N2O9P. The first-order valence-electron chi connectivity index (χ1n) is 9.86. The predicted molar refractivity (Wildman–Crippen MR) is 131 cm³/mol. The van der Waals surface area contributed by atoms with Gasteiger partial charge in [0, 0.05) is 24.6 Å². The molecule has 0 spiro atoms. The third kappa shape index (κ3) is 10.3. The SMILES string of the molecule is CCC(=O)O[C@H]1C[C@H](n2cc(C)c(=O)[nH]c2=O)O[C@@H]1COP(=O)(OCC(Cl)(Cl)Cl)OCC(Cl)(Cl)Cl. The number of esters is 1. The van der Waals surface area contributed by atoms with E-state index in [9.17, 15) is 18.9 Å². The van der Waals surface area contributed by atoms with Crippen LogP contribution in [0.15, 0.2) is 15.8 Å². The van der Waals surface area contributed by atoms with Crippen LogP contribution >= 0.6 is 77.4 Å². The Morgan fingerprint density at radius 3 is 2.23 bits per heavy atom. The lowest BCUT2D eigenvalue weighted by molar-refractivity contribution is -0.152. The van der Waals surface area contributed by atoms with Gasteiger partial charge in [-0.1, -0.05) is 76.5 Å². The molecule has 0 radical (unpaired) electrons. The molecule has 1 saturated heterocycles. The summed E-state index contributed by atoms with van der Waals surface area (Å²) in [5.74, 6) is -0.558. The van der Waals surface area contributed by atoms with Gasteiger partial charge in [0.15, 0.2) is 0 Å². The van der Waals surface area contributed by atoms with E-state index in [1.807, 2.05) is 0 Å². The van der Waals surface area contributed by atoms with Crippen molar-refractivity contribution in [1.29, 1.82) is 0 Å². The minimum absolute atomic E-state index is 0.0134. The second kappa shape index (κ2) is 12.7. The molecule has 3 atom stereocenters. The van der Waals surface area contributed by atoms with Crippen molar-refractivity contribution in [2.75, 3.05) is 19.8 Å². The number of phosphoric acid groups is 1. The number of aryl methyl sites for hydroxylation is 1. The number of aromatic nitrogens is 2. The van der Waals surface area contributed by atoms with Crippen molar-refractivity contribution in [2.24, 2.45) is 0 Å². The lowest BCUT2D eigenvalue weighted by Gasteiger charge is -2.24. The van der Waals surface area contributed by atoms with Gasteiger partial charge in [0.25, 0.3) is 5.56 Å². The Hall–Kier alpha value is -0.0400. The highest BCUT2D eigenvalue weighted by Crippen LogP contribution is 2.53. The number of nitrogens with one attached hydrogen (secondary N) is 1. The molecule has 0 aliphatic carbocycles. The van der Waals surface area contributed by atoms with E-state index in [-0.39, 0.29) is 18.4 Å². The van der Waals surface area contributed by atoms with Crippen LogP contribution in [0.4, 0.5) is 0 Å². The van der Waals surface area contributed by atoms with Gasteiger partial charge in [-0.25, -0.2) is 9.36 Å². The van der Waals surface area contributed by atoms with Crippen molar-refractivity contribution in [2.45, 2.75) is 52.7 Å². The molecule has 35 heavy (non-hydrogen) atoms. The molecule has 0 amide bonds. The summed E-state index contributed by atoms with van der Waals surface area (Å²) in [5, 5.41) is 0. The number of phosphoric ester groups is 1. The lowest BCUT2D eigenvalue weighted by Crippen LogP contribution is -2.33. The molecule has 0 aromatic carbocycles. The third-order valence-electron chi connectivity index (χ3n) is 4.38. The van der Waals surface area contributed by atoms with Crippen molar-refractivity contribution in [3.63, 3.8) is 0 Å². The first kappa shape index (κ1) is 31.2. The topological polar surface area (TPSA) is 135 Å². The van der Waals surface area contributed by atoms with Crippen LogP contribution in [0.3, 0.4) is 0 Å².